The number of thiophene rings is 1. The summed E-state index contributed by atoms with van der Waals surface area (Å²) in [4.78, 5) is 13.9. The molecule has 3 aromatic rings. The Morgan fingerprint density at radius 1 is 1.14 bits per heavy atom. The molecule has 9 heteroatoms. The summed E-state index contributed by atoms with van der Waals surface area (Å²) in [6.45, 7) is 3.17. The van der Waals surface area contributed by atoms with Gasteiger partial charge in [0.05, 0.1) is 25.2 Å². The number of methoxy groups -OCH3 is 1. The van der Waals surface area contributed by atoms with E-state index in [1.54, 1.807) is 50.4 Å². The highest BCUT2D eigenvalue weighted by Crippen LogP contribution is 2.32. The number of aromatic nitrogens is 1. The number of fused-ring (bicyclic) bond motifs is 1. The van der Waals surface area contributed by atoms with Crippen molar-refractivity contribution in [2.75, 3.05) is 33.4 Å². The summed E-state index contributed by atoms with van der Waals surface area (Å²) in [6.07, 6.45) is 0. The monoisotopic (exact) mass is 420 g/mol. The molecule has 1 saturated heterocycles. The first kappa shape index (κ1) is 19.1. The van der Waals surface area contributed by atoms with Crippen LogP contribution < -0.4 is 4.74 Å². The van der Waals surface area contributed by atoms with Crippen molar-refractivity contribution in [3.63, 3.8) is 0 Å². The van der Waals surface area contributed by atoms with Crippen molar-refractivity contribution >= 4 is 37.5 Å². The number of hydrogen-bond donors (Lipinski definition) is 0. The van der Waals surface area contributed by atoms with Crippen molar-refractivity contribution in [3.8, 4) is 5.75 Å². The van der Waals surface area contributed by atoms with Gasteiger partial charge in [-0.1, -0.05) is 0 Å². The molecular formula is C19H20N2O5S2. The number of carbonyl (C=O) groups is 1. The Bertz CT molecular complexity index is 1120. The van der Waals surface area contributed by atoms with E-state index in [1.165, 1.54) is 19.6 Å². The van der Waals surface area contributed by atoms with Crippen LogP contribution in [0.2, 0.25) is 0 Å². The molecule has 0 atom stereocenters. The fourth-order valence-corrected chi connectivity index (χ4v) is 6.31. The number of hydrogen-bond acceptors (Lipinski definition) is 6. The zero-order chi connectivity index (χ0) is 19.9. The second-order valence-electron chi connectivity index (χ2n) is 6.50. The van der Waals surface area contributed by atoms with Gasteiger partial charge in [0.2, 0.25) is 5.78 Å². The lowest BCUT2D eigenvalue weighted by Crippen LogP contribution is -2.43. The second-order valence-corrected chi connectivity index (χ2v) is 9.31. The van der Waals surface area contributed by atoms with E-state index in [4.69, 9.17) is 9.47 Å². The first-order valence-corrected chi connectivity index (χ1v) is 11.0. The molecule has 3 heterocycles. The minimum atomic E-state index is -3.71. The Labute approximate surface area is 167 Å². The predicted molar refractivity (Wildman–Crippen MR) is 108 cm³/mol. The molecule has 0 radical (unpaired) electrons. The van der Waals surface area contributed by atoms with Crippen LogP contribution >= 0.6 is 11.3 Å². The van der Waals surface area contributed by atoms with Crippen molar-refractivity contribution in [3.05, 3.63) is 52.5 Å². The molecule has 1 aromatic carbocycles. The molecule has 0 spiro atoms. The minimum absolute atomic E-state index is 0.142. The number of ether oxygens (including phenoxy) is 2. The van der Waals surface area contributed by atoms with Crippen LogP contribution in [0.15, 0.2) is 36.4 Å². The quantitative estimate of drug-likeness (QED) is 0.593. The van der Waals surface area contributed by atoms with Gasteiger partial charge in [0, 0.05) is 29.7 Å². The number of ketones is 1. The van der Waals surface area contributed by atoms with Crippen LogP contribution in [0.5, 0.6) is 5.75 Å². The Morgan fingerprint density at radius 3 is 2.46 bits per heavy atom. The van der Waals surface area contributed by atoms with Gasteiger partial charge in [-0.15, -0.1) is 11.3 Å². The number of morpholine rings is 1. The molecule has 28 heavy (non-hydrogen) atoms. The zero-order valence-electron chi connectivity index (χ0n) is 15.5. The molecule has 0 unspecified atom stereocenters. The van der Waals surface area contributed by atoms with E-state index < -0.39 is 10.2 Å². The minimum Gasteiger partial charge on any atom is -0.497 e. The van der Waals surface area contributed by atoms with Gasteiger partial charge >= 0.3 is 10.2 Å². The smallest absolute Gasteiger partial charge is 0.309 e. The van der Waals surface area contributed by atoms with E-state index in [0.29, 0.717) is 53.0 Å². The number of carbonyl (C=O) groups excluding carboxylic acids is 1. The van der Waals surface area contributed by atoms with Crippen LogP contribution in [0.25, 0.3) is 10.2 Å². The SMILES string of the molecule is COc1ccc(C(=O)c2cc3cc(C)n(S(=O)(=O)N4CCOCC4)c3s2)cc1. The summed E-state index contributed by atoms with van der Waals surface area (Å²) >= 11 is 1.19. The first-order chi connectivity index (χ1) is 13.4. The molecule has 0 aliphatic carbocycles. The molecule has 4 rings (SSSR count). The fourth-order valence-electron chi connectivity index (χ4n) is 3.28. The van der Waals surface area contributed by atoms with Crippen LogP contribution in [-0.2, 0) is 14.9 Å². The standard InChI is InChI=1S/C19H20N2O5S2/c1-13-11-15-12-17(18(22)14-3-5-16(25-2)6-4-14)27-19(15)21(13)28(23,24)20-7-9-26-10-8-20/h3-6,11-12H,7-10H2,1-2H3. The molecular weight excluding hydrogens is 400 g/mol. The summed E-state index contributed by atoms with van der Waals surface area (Å²) in [5.74, 6) is 0.531. The third-order valence-electron chi connectivity index (χ3n) is 4.71. The molecule has 0 amide bonds. The summed E-state index contributed by atoms with van der Waals surface area (Å²) in [5.41, 5.74) is 1.15. The lowest BCUT2D eigenvalue weighted by molar-refractivity contribution is 0.0726. The van der Waals surface area contributed by atoms with Gasteiger partial charge in [0.1, 0.15) is 10.6 Å². The van der Waals surface area contributed by atoms with Crippen LogP contribution in [0.4, 0.5) is 0 Å². The Kier molecular flexibility index (Phi) is 5.00. The summed E-state index contributed by atoms with van der Waals surface area (Å²) < 4.78 is 39.4. The molecule has 1 fully saturated rings. The highest BCUT2D eigenvalue weighted by atomic mass is 32.2. The van der Waals surface area contributed by atoms with Gasteiger partial charge in [-0.2, -0.15) is 12.7 Å². The van der Waals surface area contributed by atoms with Crippen molar-refractivity contribution in [1.82, 2.24) is 8.28 Å². The Balaban J connectivity index is 1.73. The largest absolute Gasteiger partial charge is 0.497 e. The summed E-state index contributed by atoms with van der Waals surface area (Å²) in [5, 5.41) is 0.746. The van der Waals surface area contributed by atoms with E-state index in [2.05, 4.69) is 0 Å². The van der Waals surface area contributed by atoms with Crippen LogP contribution in [0.1, 0.15) is 20.9 Å². The van der Waals surface area contributed by atoms with Crippen molar-refractivity contribution in [2.24, 2.45) is 0 Å². The summed E-state index contributed by atoms with van der Waals surface area (Å²) in [6, 6.07) is 10.4. The van der Waals surface area contributed by atoms with Gasteiger partial charge in [0.15, 0.2) is 0 Å². The van der Waals surface area contributed by atoms with Crippen LogP contribution in [0.3, 0.4) is 0 Å². The third-order valence-corrected chi connectivity index (χ3v) is 7.91. The highest BCUT2D eigenvalue weighted by Gasteiger charge is 2.30. The molecule has 2 aromatic heterocycles. The average molecular weight is 421 g/mol. The summed E-state index contributed by atoms with van der Waals surface area (Å²) in [7, 11) is -2.14. The van der Waals surface area contributed by atoms with Gasteiger partial charge in [0.25, 0.3) is 0 Å². The number of nitrogens with zero attached hydrogens (tertiary/aromatic N) is 2. The average Bonchev–Trinajstić information content (AvgIpc) is 3.24. The van der Waals surface area contributed by atoms with Crippen molar-refractivity contribution in [1.29, 1.82) is 0 Å². The predicted octanol–water partition coefficient (Wildman–Crippen LogP) is 2.68. The number of rotatable bonds is 5. The van der Waals surface area contributed by atoms with E-state index in [-0.39, 0.29) is 5.78 Å². The van der Waals surface area contributed by atoms with Crippen molar-refractivity contribution in [2.45, 2.75) is 6.92 Å². The van der Waals surface area contributed by atoms with Crippen LogP contribution in [0, 0.1) is 6.92 Å². The van der Waals surface area contributed by atoms with Gasteiger partial charge < -0.3 is 9.47 Å². The van der Waals surface area contributed by atoms with Gasteiger partial charge in [-0.05, 0) is 43.3 Å². The topological polar surface area (TPSA) is 77.8 Å². The molecule has 0 saturated carbocycles. The Hall–Kier alpha value is -2.20. The fraction of sp³-hybridized carbons (Fsp3) is 0.316. The number of benzene rings is 1. The first-order valence-electron chi connectivity index (χ1n) is 8.81. The second kappa shape index (κ2) is 7.32. The lowest BCUT2D eigenvalue weighted by Gasteiger charge is -2.26. The molecule has 7 nitrogen and oxygen atoms in total. The zero-order valence-corrected chi connectivity index (χ0v) is 17.2. The maximum absolute atomic E-state index is 13.1. The van der Waals surface area contributed by atoms with E-state index in [0.717, 1.165) is 5.39 Å². The maximum Gasteiger partial charge on any atom is 0.309 e. The van der Waals surface area contributed by atoms with Gasteiger partial charge in [-0.25, -0.2) is 3.97 Å². The Morgan fingerprint density at radius 2 is 1.82 bits per heavy atom. The third kappa shape index (κ3) is 3.24. The highest BCUT2D eigenvalue weighted by molar-refractivity contribution is 7.88. The molecule has 1 aliphatic heterocycles. The van der Waals surface area contributed by atoms with E-state index >= 15 is 0 Å². The molecule has 1 aliphatic rings. The number of aryl methyl sites for hydroxylation is 1. The van der Waals surface area contributed by atoms with Gasteiger partial charge in [-0.3, -0.25) is 4.79 Å². The van der Waals surface area contributed by atoms with E-state index in [9.17, 15) is 13.2 Å². The van der Waals surface area contributed by atoms with Crippen LogP contribution in [-0.4, -0.2) is 55.9 Å². The van der Waals surface area contributed by atoms with Crippen molar-refractivity contribution < 1.29 is 22.7 Å². The molecule has 148 valence electrons. The normalized spacial score (nSPS) is 15.8. The molecule has 0 N–H and O–H groups in total. The maximum atomic E-state index is 13.1. The van der Waals surface area contributed by atoms with E-state index in [1.807, 2.05) is 0 Å². The molecule has 0 bridgehead atoms. The lowest BCUT2D eigenvalue weighted by atomic mass is 10.1.